The Kier molecular flexibility index (Phi) is 7.17. The first-order valence-corrected chi connectivity index (χ1v) is 11.1. The Morgan fingerprint density at radius 1 is 1.03 bits per heavy atom. The summed E-state index contributed by atoms with van der Waals surface area (Å²) in [7, 11) is 0. The van der Waals surface area contributed by atoms with Crippen molar-refractivity contribution >= 4 is 23.9 Å². The van der Waals surface area contributed by atoms with Gasteiger partial charge in [0.05, 0.1) is 6.54 Å². The summed E-state index contributed by atoms with van der Waals surface area (Å²) in [5, 5.41) is 9.49. The fraction of sp³-hybridized carbons (Fsp3) is 0.800. The van der Waals surface area contributed by atoms with E-state index >= 15 is 0 Å². The molecule has 2 saturated heterocycles. The molecule has 2 aliphatic heterocycles. The SMILES string of the molecule is CCC1(C)NC(=O)N(NC(=O)CN2CCC(NC(=O)NC3CCCCC3)CC2)C1=O. The van der Waals surface area contributed by atoms with Crippen LogP contribution in [0.4, 0.5) is 9.59 Å². The molecule has 3 rings (SSSR count). The van der Waals surface area contributed by atoms with Crippen molar-refractivity contribution in [1.82, 2.24) is 31.3 Å². The van der Waals surface area contributed by atoms with E-state index in [-0.39, 0.29) is 24.7 Å². The highest BCUT2D eigenvalue weighted by Crippen LogP contribution is 2.19. The van der Waals surface area contributed by atoms with Crippen molar-refractivity contribution in [2.24, 2.45) is 0 Å². The number of amides is 6. The summed E-state index contributed by atoms with van der Waals surface area (Å²) < 4.78 is 0. The molecule has 3 fully saturated rings. The van der Waals surface area contributed by atoms with Crippen LogP contribution in [0.3, 0.4) is 0 Å². The third-order valence-corrected chi connectivity index (χ3v) is 6.44. The van der Waals surface area contributed by atoms with Gasteiger partial charge < -0.3 is 16.0 Å². The standard InChI is InChI=1S/C20H34N6O4/c1-3-20(2)17(28)26(19(30)23-20)24-16(27)13-25-11-9-15(10-12-25)22-18(29)21-14-7-5-4-6-8-14/h14-15H,3-13H2,1-2H3,(H,23,30)(H,24,27)(H2,21,22,29). The molecule has 4 N–H and O–H groups in total. The lowest BCUT2D eigenvalue weighted by molar-refractivity contribution is -0.139. The van der Waals surface area contributed by atoms with E-state index in [0.29, 0.717) is 19.5 Å². The van der Waals surface area contributed by atoms with E-state index in [0.717, 1.165) is 30.7 Å². The van der Waals surface area contributed by atoms with E-state index in [2.05, 4.69) is 21.4 Å². The molecule has 1 unspecified atom stereocenters. The number of carbonyl (C=O) groups excluding carboxylic acids is 4. The molecular weight excluding hydrogens is 388 g/mol. The van der Waals surface area contributed by atoms with Gasteiger partial charge in [0.15, 0.2) is 0 Å². The number of nitrogens with one attached hydrogen (secondary N) is 4. The van der Waals surface area contributed by atoms with E-state index in [1.54, 1.807) is 13.8 Å². The quantitative estimate of drug-likeness (QED) is 0.472. The molecule has 168 valence electrons. The molecule has 1 saturated carbocycles. The van der Waals surface area contributed by atoms with Crippen molar-refractivity contribution in [3.63, 3.8) is 0 Å². The second-order valence-corrected chi connectivity index (χ2v) is 8.79. The largest absolute Gasteiger partial charge is 0.344 e. The molecule has 0 aromatic heterocycles. The van der Waals surface area contributed by atoms with Gasteiger partial charge in [-0.1, -0.05) is 26.2 Å². The summed E-state index contributed by atoms with van der Waals surface area (Å²) >= 11 is 0. The topological polar surface area (TPSA) is 123 Å². The number of hydrazine groups is 1. The summed E-state index contributed by atoms with van der Waals surface area (Å²) in [6, 6.07) is -0.341. The number of hydrogen-bond acceptors (Lipinski definition) is 5. The number of carbonyl (C=O) groups is 4. The Bertz CT molecular complexity index is 672. The first-order valence-electron chi connectivity index (χ1n) is 11.1. The minimum atomic E-state index is -0.980. The van der Waals surface area contributed by atoms with E-state index in [1.807, 2.05) is 4.90 Å². The minimum absolute atomic E-state index is 0.0871. The molecule has 6 amide bonds. The third-order valence-electron chi connectivity index (χ3n) is 6.44. The van der Waals surface area contributed by atoms with Crippen LogP contribution in [0.2, 0.25) is 0 Å². The molecule has 30 heavy (non-hydrogen) atoms. The highest BCUT2D eigenvalue weighted by atomic mass is 16.2. The van der Waals surface area contributed by atoms with Crippen LogP contribution in [0.25, 0.3) is 0 Å². The molecule has 0 radical (unpaired) electrons. The zero-order valence-corrected chi connectivity index (χ0v) is 18.0. The number of likely N-dealkylation sites (tertiary alicyclic amines) is 1. The first kappa shape index (κ1) is 22.3. The molecule has 0 aromatic carbocycles. The second-order valence-electron chi connectivity index (χ2n) is 8.79. The molecule has 3 aliphatic rings. The number of rotatable bonds is 6. The highest BCUT2D eigenvalue weighted by molar-refractivity contribution is 6.07. The Morgan fingerprint density at radius 2 is 1.63 bits per heavy atom. The van der Waals surface area contributed by atoms with Gasteiger partial charge in [-0.05, 0) is 39.0 Å². The molecule has 0 spiro atoms. The smallest absolute Gasteiger partial charge is 0.335 e. The van der Waals surface area contributed by atoms with Gasteiger partial charge in [-0.2, -0.15) is 5.01 Å². The number of piperidine rings is 1. The maximum atomic E-state index is 12.4. The molecule has 0 aromatic rings. The summed E-state index contributed by atoms with van der Waals surface area (Å²) in [5.41, 5.74) is 1.44. The minimum Gasteiger partial charge on any atom is -0.335 e. The predicted molar refractivity (Wildman–Crippen MR) is 110 cm³/mol. The zero-order chi connectivity index (χ0) is 21.7. The average molecular weight is 423 g/mol. The lowest BCUT2D eigenvalue weighted by atomic mass is 9.96. The van der Waals surface area contributed by atoms with Crippen molar-refractivity contribution in [2.45, 2.75) is 82.8 Å². The zero-order valence-electron chi connectivity index (χ0n) is 18.0. The van der Waals surface area contributed by atoms with Gasteiger partial charge in [0.2, 0.25) is 0 Å². The molecular formula is C20H34N6O4. The maximum Gasteiger partial charge on any atom is 0.344 e. The Labute approximate surface area is 177 Å². The molecule has 0 bridgehead atoms. The summed E-state index contributed by atoms with van der Waals surface area (Å²) in [5.74, 6) is -0.851. The average Bonchev–Trinajstić information content (AvgIpc) is 2.94. The van der Waals surface area contributed by atoms with Gasteiger partial charge >= 0.3 is 12.1 Å². The normalized spacial score (nSPS) is 26.4. The first-order chi connectivity index (χ1) is 14.3. The molecule has 10 heteroatoms. The summed E-state index contributed by atoms with van der Waals surface area (Å²) in [6.07, 6.45) is 7.65. The van der Waals surface area contributed by atoms with Gasteiger partial charge in [0, 0.05) is 25.2 Å². The van der Waals surface area contributed by atoms with Gasteiger partial charge in [0.1, 0.15) is 5.54 Å². The molecule has 2 heterocycles. The molecule has 1 aliphatic carbocycles. The van der Waals surface area contributed by atoms with E-state index in [1.165, 1.54) is 19.3 Å². The Morgan fingerprint density at radius 3 is 2.20 bits per heavy atom. The number of imide groups is 1. The van der Waals surface area contributed by atoms with Crippen molar-refractivity contribution in [2.75, 3.05) is 19.6 Å². The second kappa shape index (κ2) is 9.63. The van der Waals surface area contributed by atoms with Crippen LogP contribution < -0.4 is 21.4 Å². The van der Waals surface area contributed by atoms with Crippen LogP contribution in [0.1, 0.15) is 65.2 Å². The number of urea groups is 2. The fourth-order valence-corrected chi connectivity index (χ4v) is 4.28. The molecule has 1 atom stereocenters. The predicted octanol–water partition coefficient (Wildman–Crippen LogP) is 0.834. The van der Waals surface area contributed by atoms with Crippen LogP contribution in [0, 0.1) is 0 Å². The van der Waals surface area contributed by atoms with Crippen molar-refractivity contribution in [3.05, 3.63) is 0 Å². The van der Waals surface area contributed by atoms with Crippen molar-refractivity contribution < 1.29 is 19.2 Å². The van der Waals surface area contributed by atoms with Crippen molar-refractivity contribution in [3.8, 4) is 0 Å². The maximum absolute atomic E-state index is 12.4. The Hall–Kier alpha value is -2.36. The van der Waals surface area contributed by atoms with Gasteiger partial charge in [0.25, 0.3) is 11.8 Å². The van der Waals surface area contributed by atoms with E-state index in [4.69, 9.17) is 0 Å². The van der Waals surface area contributed by atoms with Crippen LogP contribution in [-0.2, 0) is 9.59 Å². The lowest BCUT2D eigenvalue weighted by Crippen LogP contribution is -2.53. The van der Waals surface area contributed by atoms with Gasteiger partial charge in [-0.25, -0.2) is 9.59 Å². The van der Waals surface area contributed by atoms with Crippen LogP contribution in [0.15, 0.2) is 0 Å². The summed E-state index contributed by atoms with van der Waals surface area (Å²) in [6.45, 7) is 4.86. The molecule has 10 nitrogen and oxygen atoms in total. The third kappa shape index (κ3) is 5.41. The number of nitrogens with zero attached hydrogens (tertiary/aromatic N) is 2. The lowest BCUT2D eigenvalue weighted by Gasteiger charge is -2.32. The van der Waals surface area contributed by atoms with E-state index < -0.39 is 23.4 Å². The van der Waals surface area contributed by atoms with Crippen LogP contribution >= 0.6 is 0 Å². The monoisotopic (exact) mass is 422 g/mol. The summed E-state index contributed by atoms with van der Waals surface area (Å²) in [4.78, 5) is 50.8. The van der Waals surface area contributed by atoms with Crippen molar-refractivity contribution in [1.29, 1.82) is 0 Å². The number of hydrogen-bond donors (Lipinski definition) is 4. The van der Waals surface area contributed by atoms with Crippen LogP contribution in [-0.4, -0.2) is 71.0 Å². The van der Waals surface area contributed by atoms with Crippen LogP contribution in [0.5, 0.6) is 0 Å². The fourth-order valence-electron chi connectivity index (χ4n) is 4.28. The highest BCUT2D eigenvalue weighted by Gasteiger charge is 2.47. The van der Waals surface area contributed by atoms with Gasteiger partial charge in [-0.3, -0.25) is 19.9 Å². The van der Waals surface area contributed by atoms with Gasteiger partial charge in [-0.15, -0.1) is 0 Å². The van der Waals surface area contributed by atoms with E-state index in [9.17, 15) is 19.2 Å². The Balaban J connectivity index is 1.37.